The third-order valence-electron chi connectivity index (χ3n) is 4.75. The minimum atomic E-state index is -1.50. The van der Waals surface area contributed by atoms with Crippen LogP contribution in [0.2, 0.25) is 39.3 Å². The number of hydrogen-bond donors (Lipinski definition) is 0. The summed E-state index contributed by atoms with van der Waals surface area (Å²) in [5.74, 6) is 0. The first kappa shape index (κ1) is 23.7. The van der Waals surface area contributed by atoms with Gasteiger partial charge >= 0.3 is 9.28 Å². The third-order valence-corrected chi connectivity index (χ3v) is 18.8. The first-order valence-corrected chi connectivity index (χ1v) is 19.0. The smallest absolute Gasteiger partial charge is 0.366 e. The van der Waals surface area contributed by atoms with Crippen LogP contribution < -0.4 is 9.13 Å². The Bertz CT molecular complexity index is 621. The predicted octanol–water partition coefficient (Wildman–Crippen LogP) is 6.36. The Morgan fingerprint density at radius 3 is 1.29 bits per heavy atom. The van der Waals surface area contributed by atoms with Gasteiger partial charge in [0, 0.05) is 13.1 Å². The summed E-state index contributed by atoms with van der Waals surface area (Å²) >= 11 is 0. The molecule has 1 aliphatic heterocycles. The van der Waals surface area contributed by atoms with Crippen LogP contribution in [0.1, 0.15) is 41.5 Å². The van der Waals surface area contributed by atoms with Gasteiger partial charge in [0.05, 0.1) is 11.4 Å². The zero-order chi connectivity index (χ0) is 21.7. The maximum absolute atomic E-state index is 3.09. The van der Waals surface area contributed by atoms with Crippen molar-refractivity contribution in [1.82, 2.24) is 3.90 Å². The summed E-state index contributed by atoms with van der Waals surface area (Å²) in [6, 6.07) is 9.17. The number of rotatable bonds is 5. The molecular weight excluding hydrogens is 391 g/mol. The highest BCUT2D eigenvalue weighted by atomic mass is 28.5. The minimum absolute atomic E-state index is 0.269. The lowest BCUT2D eigenvalue weighted by molar-refractivity contribution is 0.421. The molecule has 6 heteroatoms. The number of nitrogens with zero attached hydrogens (tertiary/aromatic N) is 3. The summed E-state index contributed by atoms with van der Waals surface area (Å²) in [5, 5.41) is 0. The Kier molecular flexibility index (Phi) is 6.43. The molecule has 28 heavy (non-hydrogen) atoms. The highest BCUT2D eigenvalue weighted by molar-refractivity contribution is 7.01. The van der Waals surface area contributed by atoms with E-state index in [1.54, 1.807) is 0 Å². The second kappa shape index (κ2) is 7.60. The van der Waals surface area contributed by atoms with Gasteiger partial charge in [-0.05, 0) is 23.0 Å². The number of para-hydroxylation sites is 2. The van der Waals surface area contributed by atoms with E-state index >= 15 is 0 Å². The van der Waals surface area contributed by atoms with Crippen molar-refractivity contribution in [2.75, 3.05) is 22.2 Å². The fourth-order valence-electron chi connectivity index (χ4n) is 4.39. The van der Waals surface area contributed by atoms with Crippen LogP contribution in [0.4, 0.5) is 11.4 Å². The van der Waals surface area contributed by atoms with Crippen LogP contribution in [0.3, 0.4) is 0 Å². The number of benzene rings is 1. The van der Waals surface area contributed by atoms with Gasteiger partial charge in [-0.15, -0.1) is 0 Å². The zero-order valence-corrected chi connectivity index (χ0v) is 23.6. The molecule has 1 aromatic rings. The van der Waals surface area contributed by atoms with E-state index in [0.717, 1.165) is 13.1 Å². The fourth-order valence-corrected chi connectivity index (χ4v) is 21.5. The lowest BCUT2D eigenvalue weighted by Gasteiger charge is -2.52. The van der Waals surface area contributed by atoms with Crippen molar-refractivity contribution in [3.05, 3.63) is 24.3 Å². The van der Waals surface area contributed by atoms with E-state index < -0.39 is 25.8 Å². The van der Waals surface area contributed by atoms with E-state index in [-0.39, 0.29) is 10.8 Å². The molecule has 3 nitrogen and oxygen atoms in total. The number of hydrogen-bond acceptors (Lipinski definition) is 3. The average Bonchev–Trinajstić information content (AvgIpc) is 2.68. The van der Waals surface area contributed by atoms with E-state index in [2.05, 4.69) is 118 Å². The van der Waals surface area contributed by atoms with Gasteiger partial charge in [-0.3, -0.25) is 0 Å². The van der Waals surface area contributed by atoms with Crippen molar-refractivity contribution < 1.29 is 0 Å². The van der Waals surface area contributed by atoms with E-state index in [1.165, 1.54) is 11.4 Å². The molecule has 159 valence electrons. The standard InChI is InChI=1S/C22H44N3Si3/c1-21(2,3)17-23-19-15-13-14-16-20(19)24(18-22(4,5)6)26(23)25(27(7,8)9)28(10,11)12/h13-16H,17-18H2,1-12H3. The Balaban J connectivity index is 2.70. The van der Waals surface area contributed by atoms with Gasteiger partial charge in [0.2, 0.25) is 0 Å². The van der Waals surface area contributed by atoms with E-state index in [9.17, 15) is 0 Å². The molecule has 2 rings (SSSR count). The maximum atomic E-state index is 3.09. The SMILES string of the molecule is CC(C)(C)CN1c2ccccc2N(CC(C)(C)C)[Si]1N([Si](C)(C)C)[Si](C)(C)C. The van der Waals surface area contributed by atoms with Crippen molar-refractivity contribution in [2.24, 2.45) is 10.8 Å². The maximum Gasteiger partial charge on any atom is 0.385 e. The molecule has 0 saturated carbocycles. The first-order valence-electron chi connectivity index (χ1n) is 10.7. The summed E-state index contributed by atoms with van der Waals surface area (Å²) in [5.41, 5.74) is 3.45. The van der Waals surface area contributed by atoms with E-state index in [4.69, 9.17) is 0 Å². The van der Waals surface area contributed by atoms with Crippen molar-refractivity contribution in [1.29, 1.82) is 0 Å². The van der Waals surface area contributed by atoms with Gasteiger partial charge < -0.3 is 13.0 Å². The monoisotopic (exact) mass is 434 g/mol. The molecule has 1 aliphatic rings. The Morgan fingerprint density at radius 2 is 1.04 bits per heavy atom. The topological polar surface area (TPSA) is 9.72 Å². The molecule has 0 spiro atoms. The van der Waals surface area contributed by atoms with Gasteiger partial charge in [-0.2, -0.15) is 0 Å². The second-order valence-corrected chi connectivity index (χ2v) is 25.8. The van der Waals surface area contributed by atoms with Crippen LogP contribution in [0, 0.1) is 10.8 Å². The van der Waals surface area contributed by atoms with Crippen LogP contribution in [0.25, 0.3) is 0 Å². The summed E-state index contributed by atoms with van der Waals surface area (Å²) in [7, 11) is -4.05. The molecule has 0 saturated heterocycles. The van der Waals surface area contributed by atoms with Crippen LogP contribution in [-0.2, 0) is 0 Å². The molecule has 0 aliphatic carbocycles. The summed E-state index contributed by atoms with van der Waals surface area (Å²) in [6.45, 7) is 31.8. The Labute approximate surface area is 179 Å². The molecule has 1 aromatic carbocycles. The normalized spacial score (nSPS) is 16.9. The van der Waals surface area contributed by atoms with Crippen LogP contribution in [0.15, 0.2) is 24.3 Å². The second-order valence-electron chi connectivity index (χ2n) is 12.8. The lowest BCUT2D eigenvalue weighted by Crippen LogP contribution is -2.74. The fraction of sp³-hybridized carbons (Fsp3) is 0.727. The molecule has 0 amide bonds. The summed E-state index contributed by atoms with van der Waals surface area (Å²) in [4.78, 5) is 0. The molecule has 1 heterocycles. The average molecular weight is 435 g/mol. The minimum Gasteiger partial charge on any atom is -0.366 e. The Hall–Kier alpha value is -0.569. The van der Waals surface area contributed by atoms with Crippen LogP contribution in [0.5, 0.6) is 0 Å². The van der Waals surface area contributed by atoms with Gasteiger partial charge in [0.1, 0.15) is 16.5 Å². The van der Waals surface area contributed by atoms with Crippen molar-refractivity contribution in [3.63, 3.8) is 0 Å². The molecule has 0 atom stereocenters. The van der Waals surface area contributed by atoms with Gasteiger partial charge in [-0.25, -0.2) is 0 Å². The first-order chi connectivity index (χ1) is 12.4. The largest absolute Gasteiger partial charge is 0.385 e. The van der Waals surface area contributed by atoms with Gasteiger partial charge in [0.15, 0.2) is 0 Å². The molecule has 1 radical (unpaired) electrons. The lowest BCUT2D eigenvalue weighted by atomic mass is 9.96. The van der Waals surface area contributed by atoms with Crippen molar-refractivity contribution in [3.8, 4) is 0 Å². The van der Waals surface area contributed by atoms with Gasteiger partial charge in [-0.1, -0.05) is 93.0 Å². The summed E-state index contributed by atoms with van der Waals surface area (Å²) < 4.78 is 8.73. The van der Waals surface area contributed by atoms with Gasteiger partial charge in [0.25, 0.3) is 0 Å². The highest BCUT2D eigenvalue weighted by Gasteiger charge is 2.52. The van der Waals surface area contributed by atoms with E-state index in [0.29, 0.717) is 0 Å². The van der Waals surface area contributed by atoms with Crippen LogP contribution in [-0.4, -0.2) is 42.7 Å². The third kappa shape index (κ3) is 5.52. The molecule has 0 unspecified atom stereocenters. The quantitative estimate of drug-likeness (QED) is 0.499. The van der Waals surface area contributed by atoms with Crippen molar-refractivity contribution >= 4 is 37.1 Å². The Morgan fingerprint density at radius 1 is 0.714 bits per heavy atom. The molecule has 0 N–H and O–H groups in total. The zero-order valence-electron chi connectivity index (χ0n) is 20.6. The molecule has 0 fully saturated rings. The predicted molar refractivity (Wildman–Crippen MR) is 134 cm³/mol. The number of anilines is 2. The van der Waals surface area contributed by atoms with E-state index in [1.807, 2.05) is 0 Å². The number of fused-ring (bicyclic) bond motifs is 1. The molecule has 0 aromatic heterocycles. The molecule has 0 bridgehead atoms. The molecular formula is C22H44N3Si3. The summed E-state index contributed by atoms with van der Waals surface area (Å²) in [6.07, 6.45) is 0. The highest BCUT2D eigenvalue weighted by Crippen LogP contribution is 2.43. The van der Waals surface area contributed by atoms with Crippen molar-refractivity contribution in [2.45, 2.75) is 80.8 Å². The van der Waals surface area contributed by atoms with Crippen LogP contribution >= 0.6 is 0 Å².